The number of unbranched alkanes of at least 4 members (excludes halogenated alkanes) is 1. The number of sulfonamides is 1. The predicted octanol–water partition coefficient (Wildman–Crippen LogP) is 1.50. The van der Waals surface area contributed by atoms with E-state index in [1.165, 1.54) is 23.5 Å². The first kappa shape index (κ1) is 22.8. The Morgan fingerprint density at radius 2 is 1.83 bits per heavy atom. The number of benzene rings is 1. The SMILES string of the molecule is CN(CCCC(=O)NCCCCN)S(=O)(=O)c1ccc(F)cc1.Cl. The molecule has 0 aliphatic heterocycles. The molecule has 1 aromatic rings. The summed E-state index contributed by atoms with van der Waals surface area (Å²) in [7, 11) is -2.21. The Bertz CT molecular complexity index is 596. The van der Waals surface area contributed by atoms with Gasteiger partial charge in [-0.05, 0) is 50.1 Å². The van der Waals surface area contributed by atoms with Crippen molar-refractivity contribution < 1.29 is 17.6 Å². The third-order valence-electron chi connectivity index (χ3n) is 3.35. The summed E-state index contributed by atoms with van der Waals surface area (Å²) in [6.45, 7) is 1.40. The molecule has 6 nitrogen and oxygen atoms in total. The zero-order valence-electron chi connectivity index (χ0n) is 13.7. The molecule has 0 aliphatic carbocycles. The maximum atomic E-state index is 12.9. The molecular weight excluding hydrogens is 357 g/mol. The average molecular weight is 382 g/mol. The summed E-state index contributed by atoms with van der Waals surface area (Å²) >= 11 is 0. The maximum absolute atomic E-state index is 12.9. The minimum absolute atomic E-state index is 0. The van der Waals surface area contributed by atoms with Crippen molar-refractivity contribution in [3.63, 3.8) is 0 Å². The van der Waals surface area contributed by atoms with E-state index in [0.29, 0.717) is 19.5 Å². The van der Waals surface area contributed by atoms with Crippen molar-refractivity contribution in [3.05, 3.63) is 30.1 Å². The van der Waals surface area contributed by atoms with E-state index in [-0.39, 0.29) is 36.2 Å². The molecule has 1 aromatic carbocycles. The number of nitrogens with two attached hydrogens (primary N) is 1. The van der Waals surface area contributed by atoms with E-state index >= 15 is 0 Å². The Labute approximate surface area is 149 Å². The number of nitrogens with zero attached hydrogens (tertiary/aromatic N) is 1. The summed E-state index contributed by atoms with van der Waals surface area (Å²) in [5, 5.41) is 2.76. The minimum Gasteiger partial charge on any atom is -0.356 e. The molecule has 1 rings (SSSR count). The number of amides is 1. The summed E-state index contributed by atoms with van der Waals surface area (Å²) in [4.78, 5) is 11.6. The normalized spacial score (nSPS) is 11.2. The Kier molecular flexibility index (Phi) is 10.8. The monoisotopic (exact) mass is 381 g/mol. The van der Waals surface area contributed by atoms with Gasteiger partial charge < -0.3 is 11.1 Å². The van der Waals surface area contributed by atoms with Crippen LogP contribution in [0.2, 0.25) is 0 Å². The third kappa shape index (κ3) is 7.57. The van der Waals surface area contributed by atoms with Crippen molar-refractivity contribution in [1.82, 2.24) is 9.62 Å². The van der Waals surface area contributed by atoms with Crippen molar-refractivity contribution in [1.29, 1.82) is 0 Å². The van der Waals surface area contributed by atoms with E-state index in [2.05, 4.69) is 5.32 Å². The van der Waals surface area contributed by atoms with Crippen molar-refractivity contribution in [2.24, 2.45) is 5.73 Å². The average Bonchev–Trinajstić information content (AvgIpc) is 2.52. The topological polar surface area (TPSA) is 92.5 Å². The van der Waals surface area contributed by atoms with E-state index < -0.39 is 15.8 Å². The number of hydrogen-bond donors (Lipinski definition) is 2. The Morgan fingerprint density at radius 1 is 1.21 bits per heavy atom. The highest BCUT2D eigenvalue weighted by Crippen LogP contribution is 2.15. The molecule has 0 saturated heterocycles. The summed E-state index contributed by atoms with van der Waals surface area (Å²) in [5.74, 6) is -0.590. The van der Waals surface area contributed by atoms with Crippen LogP contribution in [-0.2, 0) is 14.8 Å². The number of nitrogens with one attached hydrogen (secondary N) is 1. The van der Waals surface area contributed by atoms with Crippen molar-refractivity contribution in [2.45, 2.75) is 30.6 Å². The van der Waals surface area contributed by atoms with Crippen LogP contribution in [0.1, 0.15) is 25.7 Å². The van der Waals surface area contributed by atoms with Gasteiger partial charge >= 0.3 is 0 Å². The van der Waals surface area contributed by atoms with Gasteiger partial charge in [0, 0.05) is 26.6 Å². The lowest BCUT2D eigenvalue weighted by Crippen LogP contribution is -2.30. The second kappa shape index (κ2) is 11.4. The van der Waals surface area contributed by atoms with Crippen molar-refractivity contribution in [2.75, 3.05) is 26.7 Å². The first-order chi connectivity index (χ1) is 10.9. The molecule has 1 amide bonds. The van der Waals surface area contributed by atoms with Crippen molar-refractivity contribution in [3.8, 4) is 0 Å². The first-order valence-corrected chi connectivity index (χ1v) is 9.00. The van der Waals surface area contributed by atoms with Crippen LogP contribution in [0.4, 0.5) is 4.39 Å². The molecule has 0 fully saturated rings. The molecule has 0 unspecified atom stereocenters. The van der Waals surface area contributed by atoms with Crippen LogP contribution >= 0.6 is 12.4 Å². The lowest BCUT2D eigenvalue weighted by atomic mass is 10.2. The quantitative estimate of drug-likeness (QED) is 0.601. The molecule has 0 saturated carbocycles. The number of halogens is 2. The lowest BCUT2D eigenvalue weighted by molar-refractivity contribution is -0.121. The van der Waals surface area contributed by atoms with Crippen molar-refractivity contribution >= 4 is 28.3 Å². The molecule has 0 radical (unpaired) electrons. The maximum Gasteiger partial charge on any atom is 0.242 e. The zero-order valence-corrected chi connectivity index (χ0v) is 15.3. The van der Waals surface area contributed by atoms with E-state index in [1.807, 2.05) is 0 Å². The second-order valence-corrected chi connectivity index (χ2v) is 7.27. The number of hydrogen-bond acceptors (Lipinski definition) is 4. The van der Waals surface area contributed by atoms with Gasteiger partial charge in [-0.25, -0.2) is 17.1 Å². The van der Waals surface area contributed by atoms with Crippen LogP contribution < -0.4 is 11.1 Å². The largest absolute Gasteiger partial charge is 0.356 e. The molecule has 138 valence electrons. The minimum atomic E-state index is -3.66. The summed E-state index contributed by atoms with van der Waals surface area (Å²) in [6, 6.07) is 4.67. The highest BCUT2D eigenvalue weighted by molar-refractivity contribution is 7.89. The van der Waals surface area contributed by atoms with Crippen LogP contribution in [0.5, 0.6) is 0 Å². The second-order valence-electron chi connectivity index (χ2n) is 5.23. The predicted molar refractivity (Wildman–Crippen MR) is 94.0 cm³/mol. The van der Waals surface area contributed by atoms with Crippen LogP contribution in [0.3, 0.4) is 0 Å². The Morgan fingerprint density at radius 3 is 2.42 bits per heavy atom. The van der Waals surface area contributed by atoms with Gasteiger partial charge in [0.1, 0.15) is 5.82 Å². The fraction of sp³-hybridized carbons (Fsp3) is 0.533. The van der Waals surface area contributed by atoms with Crippen LogP contribution in [0, 0.1) is 5.82 Å². The van der Waals surface area contributed by atoms with Gasteiger partial charge in [-0.1, -0.05) is 0 Å². The molecule has 0 bridgehead atoms. The molecule has 0 aromatic heterocycles. The Balaban J connectivity index is 0.00000529. The van der Waals surface area contributed by atoms with E-state index in [1.54, 1.807) is 0 Å². The van der Waals surface area contributed by atoms with Gasteiger partial charge in [0.15, 0.2) is 0 Å². The summed E-state index contributed by atoms with van der Waals surface area (Å²) in [6.07, 6.45) is 2.37. The van der Waals surface area contributed by atoms with Crippen LogP contribution in [-0.4, -0.2) is 45.3 Å². The molecule has 0 spiro atoms. The van der Waals surface area contributed by atoms with Gasteiger partial charge in [-0.2, -0.15) is 0 Å². The standard InChI is InChI=1S/C15H24FN3O3S.ClH/c1-19(12-4-5-15(20)18-11-3-2-10-17)23(21,22)14-8-6-13(16)7-9-14;/h6-9H,2-5,10-12,17H2,1H3,(H,18,20);1H. The van der Waals surface area contributed by atoms with Gasteiger partial charge in [0.2, 0.25) is 15.9 Å². The molecule has 3 N–H and O–H groups in total. The number of rotatable bonds is 10. The number of carbonyl (C=O) groups excluding carboxylic acids is 1. The smallest absolute Gasteiger partial charge is 0.242 e. The highest BCUT2D eigenvalue weighted by Gasteiger charge is 2.20. The first-order valence-electron chi connectivity index (χ1n) is 7.56. The third-order valence-corrected chi connectivity index (χ3v) is 5.22. The molecule has 24 heavy (non-hydrogen) atoms. The van der Waals surface area contributed by atoms with E-state index in [9.17, 15) is 17.6 Å². The van der Waals surface area contributed by atoms with Gasteiger partial charge in [0.05, 0.1) is 4.90 Å². The molecule has 0 heterocycles. The summed E-state index contributed by atoms with van der Waals surface area (Å²) in [5.41, 5.74) is 5.36. The fourth-order valence-corrected chi connectivity index (χ4v) is 3.16. The van der Waals surface area contributed by atoms with Gasteiger partial charge in [0.25, 0.3) is 0 Å². The zero-order chi connectivity index (χ0) is 17.3. The van der Waals surface area contributed by atoms with Crippen LogP contribution in [0.25, 0.3) is 0 Å². The molecular formula is C15H25ClFN3O3S. The van der Waals surface area contributed by atoms with Gasteiger partial charge in [-0.3, -0.25) is 4.79 Å². The Hall–Kier alpha value is -1.22. The fourth-order valence-electron chi connectivity index (χ4n) is 1.95. The lowest BCUT2D eigenvalue weighted by Gasteiger charge is -2.17. The summed E-state index contributed by atoms with van der Waals surface area (Å²) < 4.78 is 38.5. The van der Waals surface area contributed by atoms with E-state index in [4.69, 9.17) is 5.73 Å². The number of carbonyl (C=O) groups is 1. The van der Waals surface area contributed by atoms with Crippen LogP contribution in [0.15, 0.2) is 29.2 Å². The molecule has 0 atom stereocenters. The van der Waals surface area contributed by atoms with Gasteiger partial charge in [-0.15, -0.1) is 12.4 Å². The molecule has 9 heteroatoms. The van der Waals surface area contributed by atoms with E-state index in [0.717, 1.165) is 25.0 Å². The molecule has 0 aliphatic rings. The highest BCUT2D eigenvalue weighted by atomic mass is 35.5.